The second-order valence-electron chi connectivity index (χ2n) is 6.12. The number of para-hydroxylation sites is 1. The van der Waals surface area contributed by atoms with Gasteiger partial charge in [-0.1, -0.05) is 63.2 Å². The van der Waals surface area contributed by atoms with Crippen molar-refractivity contribution in [2.45, 2.75) is 39.3 Å². The molecule has 2 aromatic rings. The van der Waals surface area contributed by atoms with Crippen molar-refractivity contribution in [3.8, 4) is 0 Å². The van der Waals surface area contributed by atoms with E-state index in [1.807, 2.05) is 24.3 Å². The highest BCUT2D eigenvalue weighted by Gasteiger charge is 2.12. The first kappa shape index (κ1) is 14.6. The molecule has 2 N–H and O–H groups in total. The van der Waals surface area contributed by atoms with Crippen LogP contribution in [0.15, 0.2) is 48.5 Å². The predicted octanol–water partition coefficient (Wildman–Crippen LogP) is 4.09. The third kappa shape index (κ3) is 3.61. The molecular weight excluding hydrogens is 246 g/mol. The summed E-state index contributed by atoms with van der Waals surface area (Å²) in [6.07, 6.45) is 0. The van der Waals surface area contributed by atoms with Crippen LogP contribution in [0.4, 0.5) is 5.69 Å². The molecule has 0 atom stereocenters. The van der Waals surface area contributed by atoms with Gasteiger partial charge in [-0.05, 0) is 22.6 Å². The van der Waals surface area contributed by atoms with Crippen LogP contribution >= 0.6 is 0 Å². The molecule has 0 saturated carbocycles. The van der Waals surface area contributed by atoms with Crippen LogP contribution in [-0.2, 0) is 18.6 Å². The lowest BCUT2D eigenvalue weighted by atomic mass is 9.87. The van der Waals surface area contributed by atoms with Gasteiger partial charge in [0.2, 0.25) is 0 Å². The van der Waals surface area contributed by atoms with Crippen molar-refractivity contribution < 1.29 is 5.11 Å². The van der Waals surface area contributed by atoms with Crippen LogP contribution in [0.2, 0.25) is 0 Å². The third-order valence-electron chi connectivity index (χ3n) is 3.49. The van der Waals surface area contributed by atoms with Gasteiger partial charge in [0.25, 0.3) is 0 Å². The molecule has 0 aliphatic heterocycles. The lowest BCUT2D eigenvalue weighted by molar-refractivity contribution is 0.282. The van der Waals surface area contributed by atoms with Gasteiger partial charge in [-0.2, -0.15) is 0 Å². The van der Waals surface area contributed by atoms with E-state index < -0.39 is 0 Å². The fraction of sp³-hybridized carbons (Fsp3) is 0.333. The Balaban J connectivity index is 2.04. The quantitative estimate of drug-likeness (QED) is 0.876. The van der Waals surface area contributed by atoms with Crippen molar-refractivity contribution >= 4 is 5.69 Å². The zero-order chi connectivity index (χ0) is 14.6. The second kappa shape index (κ2) is 6.10. The van der Waals surface area contributed by atoms with Gasteiger partial charge >= 0.3 is 0 Å². The Morgan fingerprint density at radius 3 is 2.20 bits per heavy atom. The fourth-order valence-corrected chi connectivity index (χ4v) is 2.15. The summed E-state index contributed by atoms with van der Waals surface area (Å²) in [5.41, 5.74) is 4.70. The molecule has 2 nitrogen and oxygen atoms in total. The molecule has 0 bridgehead atoms. The van der Waals surface area contributed by atoms with Crippen LogP contribution in [0.5, 0.6) is 0 Å². The van der Waals surface area contributed by atoms with Crippen molar-refractivity contribution in [2.75, 3.05) is 5.32 Å². The molecule has 106 valence electrons. The highest BCUT2D eigenvalue weighted by atomic mass is 16.3. The van der Waals surface area contributed by atoms with E-state index in [1.165, 1.54) is 11.1 Å². The maximum Gasteiger partial charge on any atom is 0.0701 e. The summed E-state index contributed by atoms with van der Waals surface area (Å²) in [5.74, 6) is 0. The number of hydrogen-bond donors (Lipinski definition) is 2. The van der Waals surface area contributed by atoms with Crippen LogP contribution in [0.1, 0.15) is 37.5 Å². The molecule has 0 aromatic heterocycles. The van der Waals surface area contributed by atoms with E-state index in [1.54, 1.807) is 0 Å². The first-order chi connectivity index (χ1) is 9.50. The average Bonchev–Trinajstić information content (AvgIpc) is 2.45. The Morgan fingerprint density at radius 1 is 0.950 bits per heavy atom. The Morgan fingerprint density at radius 2 is 1.60 bits per heavy atom. The maximum absolute atomic E-state index is 9.30. The number of aliphatic hydroxyl groups is 1. The van der Waals surface area contributed by atoms with E-state index in [2.05, 4.69) is 50.4 Å². The molecule has 0 amide bonds. The molecule has 2 rings (SSSR count). The normalized spacial score (nSPS) is 11.4. The molecule has 0 aliphatic rings. The van der Waals surface area contributed by atoms with Gasteiger partial charge < -0.3 is 10.4 Å². The fourth-order valence-electron chi connectivity index (χ4n) is 2.15. The summed E-state index contributed by atoms with van der Waals surface area (Å²) in [6, 6.07) is 16.5. The molecule has 0 saturated heterocycles. The minimum Gasteiger partial charge on any atom is -0.392 e. The first-order valence-electron chi connectivity index (χ1n) is 7.03. The first-order valence-corrected chi connectivity index (χ1v) is 7.03. The Bertz CT molecular complexity index is 552. The van der Waals surface area contributed by atoms with Gasteiger partial charge in [0, 0.05) is 17.8 Å². The van der Waals surface area contributed by atoms with Crippen molar-refractivity contribution in [3.05, 3.63) is 65.2 Å². The lowest BCUT2D eigenvalue weighted by Gasteiger charge is -2.19. The molecule has 0 spiro atoms. The minimum atomic E-state index is 0.0616. The topological polar surface area (TPSA) is 32.3 Å². The molecule has 0 unspecified atom stereocenters. The van der Waals surface area contributed by atoms with Crippen LogP contribution in [0, 0.1) is 0 Å². The largest absolute Gasteiger partial charge is 0.392 e. The molecular formula is C18H23NO. The summed E-state index contributed by atoms with van der Waals surface area (Å²) in [7, 11) is 0. The van der Waals surface area contributed by atoms with Crippen molar-refractivity contribution in [1.82, 2.24) is 0 Å². The van der Waals surface area contributed by atoms with E-state index in [-0.39, 0.29) is 12.0 Å². The molecule has 0 fully saturated rings. The lowest BCUT2D eigenvalue weighted by Crippen LogP contribution is -2.11. The SMILES string of the molecule is CC(C)(C)c1ccc(CNc2ccccc2CO)cc1. The molecule has 0 heterocycles. The molecule has 2 heteroatoms. The Kier molecular flexibility index (Phi) is 4.46. The molecule has 0 radical (unpaired) electrons. The van der Waals surface area contributed by atoms with E-state index >= 15 is 0 Å². The number of nitrogens with one attached hydrogen (secondary N) is 1. The average molecular weight is 269 g/mol. The summed E-state index contributed by atoms with van der Waals surface area (Å²) in [4.78, 5) is 0. The van der Waals surface area contributed by atoms with Crippen LogP contribution < -0.4 is 5.32 Å². The van der Waals surface area contributed by atoms with Gasteiger partial charge in [-0.25, -0.2) is 0 Å². The summed E-state index contributed by atoms with van der Waals surface area (Å²) >= 11 is 0. The second-order valence-corrected chi connectivity index (χ2v) is 6.12. The summed E-state index contributed by atoms with van der Waals surface area (Å²) < 4.78 is 0. The summed E-state index contributed by atoms with van der Waals surface area (Å²) in [6.45, 7) is 7.49. The monoisotopic (exact) mass is 269 g/mol. The van der Waals surface area contributed by atoms with Gasteiger partial charge in [0.1, 0.15) is 0 Å². The minimum absolute atomic E-state index is 0.0616. The number of hydrogen-bond acceptors (Lipinski definition) is 2. The van der Waals surface area contributed by atoms with Crippen molar-refractivity contribution in [1.29, 1.82) is 0 Å². The highest BCUT2D eigenvalue weighted by molar-refractivity contribution is 5.51. The van der Waals surface area contributed by atoms with Crippen LogP contribution in [-0.4, -0.2) is 5.11 Å². The number of benzene rings is 2. The zero-order valence-corrected chi connectivity index (χ0v) is 12.5. The Hall–Kier alpha value is -1.80. The van der Waals surface area contributed by atoms with E-state index in [9.17, 15) is 5.11 Å². The van der Waals surface area contributed by atoms with Gasteiger partial charge in [0.05, 0.1) is 6.61 Å². The number of rotatable bonds is 4. The number of aliphatic hydroxyl groups excluding tert-OH is 1. The van der Waals surface area contributed by atoms with Gasteiger partial charge in [-0.15, -0.1) is 0 Å². The molecule has 0 aliphatic carbocycles. The smallest absolute Gasteiger partial charge is 0.0701 e. The van der Waals surface area contributed by atoms with Gasteiger partial charge in [-0.3, -0.25) is 0 Å². The molecule has 2 aromatic carbocycles. The Labute approximate surface area is 121 Å². The van der Waals surface area contributed by atoms with Crippen LogP contribution in [0.3, 0.4) is 0 Å². The standard InChI is InChI=1S/C18H23NO/c1-18(2,3)16-10-8-14(9-11-16)12-19-17-7-5-4-6-15(17)13-20/h4-11,19-20H,12-13H2,1-3H3. The highest BCUT2D eigenvalue weighted by Crippen LogP contribution is 2.22. The van der Waals surface area contributed by atoms with E-state index in [0.29, 0.717) is 0 Å². The van der Waals surface area contributed by atoms with Gasteiger partial charge in [0.15, 0.2) is 0 Å². The number of anilines is 1. The maximum atomic E-state index is 9.30. The van der Waals surface area contributed by atoms with Crippen molar-refractivity contribution in [3.63, 3.8) is 0 Å². The van der Waals surface area contributed by atoms with E-state index in [4.69, 9.17) is 0 Å². The zero-order valence-electron chi connectivity index (χ0n) is 12.5. The van der Waals surface area contributed by atoms with Crippen LogP contribution in [0.25, 0.3) is 0 Å². The summed E-state index contributed by atoms with van der Waals surface area (Å²) in [5, 5.41) is 12.7. The molecule has 20 heavy (non-hydrogen) atoms. The predicted molar refractivity (Wildman–Crippen MR) is 84.8 cm³/mol. The van der Waals surface area contributed by atoms with E-state index in [0.717, 1.165) is 17.8 Å². The van der Waals surface area contributed by atoms with Crippen molar-refractivity contribution in [2.24, 2.45) is 0 Å². The third-order valence-corrected chi connectivity index (χ3v) is 3.49.